The van der Waals surface area contributed by atoms with Crippen molar-refractivity contribution in [1.29, 1.82) is 5.26 Å². The van der Waals surface area contributed by atoms with E-state index in [0.29, 0.717) is 24.0 Å². The molecule has 0 unspecified atom stereocenters. The van der Waals surface area contributed by atoms with Crippen LogP contribution in [0, 0.1) is 17.2 Å². The molecule has 4 nitrogen and oxygen atoms in total. The lowest BCUT2D eigenvalue weighted by molar-refractivity contribution is -0.0265. The number of anilines is 1. The van der Waals surface area contributed by atoms with Crippen LogP contribution in [-0.4, -0.2) is 30.6 Å². The van der Waals surface area contributed by atoms with Crippen LogP contribution in [0.4, 0.5) is 14.5 Å². The number of halogens is 2. The molecule has 0 bridgehead atoms. The first kappa shape index (κ1) is 12.2. The molecule has 3 rings (SSSR count). The minimum Gasteiger partial charge on any atom is -0.491 e. The maximum Gasteiger partial charge on any atom is 0.282 e. The van der Waals surface area contributed by atoms with Gasteiger partial charge < -0.3 is 9.64 Å². The first-order valence-electron chi connectivity index (χ1n) is 6.23. The van der Waals surface area contributed by atoms with E-state index in [1.807, 2.05) is 6.07 Å². The SMILES string of the molecule is N#Cc1cc(OCC2CC2)c(N2CC(F)(F)C2)cn1. The summed E-state index contributed by atoms with van der Waals surface area (Å²) < 4.78 is 31.5. The van der Waals surface area contributed by atoms with E-state index in [2.05, 4.69) is 4.98 Å². The summed E-state index contributed by atoms with van der Waals surface area (Å²) in [6.45, 7) is -0.0626. The second kappa shape index (κ2) is 4.34. The molecule has 0 spiro atoms. The molecule has 1 aliphatic heterocycles. The molecule has 0 amide bonds. The number of ether oxygens (including phenoxy) is 1. The minimum atomic E-state index is -2.64. The lowest BCUT2D eigenvalue weighted by atomic mass is 10.1. The smallest absolute Gasteiger partial charge is 0.282 e. The Kier molecular flexibility index (Phi) is 2.77. The van der Waals surface area contributed by atoms with E-state index in [9.17, 15) is 8.78 Å². The molecule has 1 aromatic rings. The first-order valence-corrected chi connectivity index (χ1v) is 6.23. The zero-order valence-electron chi connectivity index (χ0n) is 10.3. The highest BCUT2D eigenvalue weighted by molar-refractivity contribution is 5.60. The van der Waals surface area contributed by atoms with Crippen molar-refractivity contribution in [2.45, 2.75) is 18.8 Å². The number of nitriles is 1. The third-order valence-corrected chi connectivity index (χ3v) is 3.32. The minimum absolute atomic E-state index is 0.238. The molecule has 0 atom stereocenters. The van der Waals surface area contributed by atoms with Crippen LogP contribution in [0.25, 0.3) is 0 Å². The predicted molar refractivity (Wildman–Crippen MR) is 64.3 cm³/mol. The second-order valence-corrected chi connectivity index (χ2v) is 5.12. The quantitative estimate of drug-likeness (QED) is 0.837. The zero-order chi connectivity index (χ0) is 13.5. The third kappa shape index (κ3) is 2.60. The standard InChI is InChI=1S/C13H13F2N3O/c14-13(15)7-18(8-13)11-5-17-10(4-16)3-12(11)19-6-9-1-2-9/h3,5,9H,1-2,6-8H2. The molecule has 2 fully saturated rings. The highest BCUT2D eigenvalue weighted by Crippen LogP contribution is 2.38. The van der Waals surface area contributed by atoms with E-state index in [1.165, 1.54) is 17.2 Å². The molecule has 19 heavy (non-hydrogen) atoms. The first-order chi connectivity index (χ1) is 9.07. The van der Waals surface area contributed by atoms with Gasteiger partial charge in [-0.25, -0.2) is 13.8 Å². The van der Waals surface area contributed by atoms with Crippen molar-refractivity contribution in [3.63, 3.8) is 0 Å². The highest BCUT2D eigenvalue weighted by Gasteiger charge is 2.45. The number of hydrogen-bond donors (Lipinski definition) is 0. The average molecular weight is 265 g/mol. The number of aromatic nitrogens is 1. The molecule has 0 radical (unpaired) electrons. The molecule has 1 aromatic heterocycles. The molecule has 100 valence electrons. The number of nitrogens with zero attached hydrogens (tertiary/aromatic N) is 3. The molecule has 0 N–H and O–H groups in total. The van der Waals surface area contributed by atoms with Crippen molar-refractivity contribution < 1.29 is 13.5 Å². The zero-order valence-corrected chi connectivity index (χ0v) is 10.3. The summed E-state index contributed by atoms with van der Waals surface area (Å²) in [6.07, 6.45) is 3.73. The Hall–Kier alpha value is -1.90. The van der Waals surface area contributed by atoms with Gasteiger partial charge in [0.05, 0.1) is 31.6 Å². The Balaban J connectivity index is 1.79. The Morgan fingerprint density at radius 2 is 2.21 bits per heavy atom. The van der Waals surface area contributed by atoms with E-state index in [-0.39, 0.29) is 18.8 Å². The van der Waals surface area contributed by atoms with Gasteiger partial charge >= 0.3 is 0 Å². The van der Waals surface area contributed by atoms with Gasteiger partial charge in [0.15, 0.2) is 0 Å². The van der Waals surface area contributed by atoms with Crippen LogP contribution in [0.2, 0.25) is 0 Å². The van der Waals surface area contributed by atoms with Crippen LogP contribution < -0.4 is 9.64 Å². The van der Waals surface area contributed by atoms with Gasteiger partial charge in [-0.3, -0.25) is 0 Å². The fraction of sp³-hybridized carbons (Fsp3) is 0.538. The fourth-order valence-electron chi connectivity index (χ4n) is 2.02. The second-order valence-electron chi connectivity index (χ2n) is 5.12. The summed E-state index contributed by atoms with van der Waals surface area (Å²) in [5, 5.41) is 8.83. The largest absolute Gasteiger partial charge is 0.491 e. The maximum absolute atomic E-state index is 12.9. The van der Waals surface area contributed by atoms with E-state index >= 15 is 0 Å². The van der Waals surface area contributed by atoms with Gasteiger partial charge in [0.1, 0.15) is 17.5 Å². The average Bonchev–Trinajstić information content (AvgIpc) is 3.17. The van der Waals surface area contributed by atoms with Crippen LogP contribution >= 0.6 is 0 Å². The molecule has 1 saturated carbocycles. The molecule has 2 heterocycles. The molecule has 6 heteroatoms. The molecule has 2 aliphatic rings. The van der Waals surface area contributed by atoms with Gasteiger partial charge in [0.2, 0.25) is 0 Å². The Morgan fingerprint density at radius 1 is 1.47 bits per heavy atom. The summed E-state index contributed by atoms with van der Waals surface area (Å²) in [4.78, 5) is 5.45. The van der Waals surface area contributed by atoms with Gasteiger partial charge in [0.25, 0.3) is 5.92 Å². The van der Waals surface area contributed by atoms with Crippen molar-refractivity contribution >= 4 is 5.69 Å². The summed E-state index contributed by atoms with van der Waals surface area (Å²) >= 11 is 0. The highest BCUT2D eigenvalue weighted by atomic mass is 19.3. The van der Waals surface area contributed by atoms with Gasteiger partial charge in [0, 0.05) is 6.07 Å². The van der Waals surface area contributed by atoms with E-state index in [4.69, 9.17) is 10.00 Å². The number of alkyl halides is 2. The van der Waals surface area contributed by atoms with Crippen LogP contribution in [0.1, 0.15) is 18.5 Å². The molecule has 0 aromatic carbocycles. The summed E-state index contributed by atoms with van der Waals surface area (Å²) in [5.41, 5.74) is 0.785. The van der Waals surface area contributed by atoms with Gasteiger partial charge in [-0.2, -0.15) is 5.26 Å². The normalized spacial score (nSPS) is 20.6. The van der Waals surface area contributed by atoms with E-state index < -0.39 is 5.92 Å². The van der Waals surface area contributed by atoms with Crippen LogP contribution in [-0.2, 0) is 0 Å². The summed E-state index contributed by atoms with van der Waals surface area (Å²) in [5.74, 6) is -1.60. The monoisotopic (exact) mass is 265 g/mol. The predicted octanol–water partition coefficient (Wildman–Crippen LogP) is 2.20. The molecule has 1 saturated heterocycles. The van der Waals surface area contributed by atoms with Crippen molar-refractivity contribution in [3.05, 3.63) is 18.0 Å². The van der Waals surface area contributed by atoms with Gasteiger partial charge in [-0.1, -0.05) is 0 Å². The number of rotatable bonds is 4. The third-order valence-electron chi connectivity index (χ3n) is 3.32. The lowest BCUT2D eigenvalue weighted by Gasteiger charge is -2.40. The van der Waals surface area contributed by atoms with E-state index in [0.717, 1.165) is 12.8 Å². The van der Waals surface area contributed by atoms with E-state index in [1.54, 1.807) is 0 Å². The van der Waals surface area contributed by atoms with Gasteiger partial charge in [-0.05, 0) is 18.8 Å². The Morgan fingerprint density at radius 3 is 2.79 bits per heavy atom. The van der Waals surface area contributed by atoms with Crippen molar-refractivity contribution in [1.82, 2.24) is 4.98 Å². The van der Waals surface area contributed by atoms with Crippen LogP contribution in [0.5, 0.6) is 5.75 Å². The fourth-order valence-corrected chi connectivity index (χ4v) is 2.02. The van der Waals surface area contributed by atoms with Crippen molar-refractivity contribution in [2.24, 2.45) is 5.92 Å². The lowest BCUT2D eigenvalue weighted by Crippen LogP contribution is -2.56. The van der Waals surface area contributed by atoms with Crippen molar-refractivity contribution in [3.8, 4) is 11.8 Å². The van der Waals surface area contributed by atoms with Crippen LogP contribution in [0.15, 0.2) is 12.3 Å². The molecular formula is C13H13F2N3O. The maximum atomic E-state index is 12.9. The molecule has 1 aliphatic carbocycles. The molecular weight excluding hydrogens is 252 g/mol. The van der Waals surface area contributed by atoms with Crippen molar-refractivity contribution in [2.75, 3.05) is 24.6 Å². The van der Waals surface area contributed by atoms with Crippen LogP contribution in [0.3, 0.4) is 0 Å². The topological polar surface area (TPSA) is 49.1 Å². The Bertz CT molecular complexity index is 529. The van der Waals surface area contributed by atoms with Gasteiger partial charge in [-0.15, -0.1) is 0 Å². The number of hydrogen-bond acceptors (Lipinski definition) is 4. The Labute approximate surface area is 109 Å². The summed E-state index contributed by atoms with van der Waals surface area (Å²) in [6, 6.07) is 3.45. The number of pyridine rings is 1. The summed E-state index contributed by atoms with van der Waals surface area (Å²) in [7, 11) is 0.